The molecule has 0 N–H and O–H groups in total. The van der Waals surface area contributed by atoms with Crippen molar-refractivity contribution >= 4 is 5.78 Å². The van der Waals surface area contributed by atoms with E-state index in [0.29, 0.717) is 18.6 Å². The molecule has 0 amide bonds. The molecule has 0 unspecified atom stereocenters. The van der Waals surface area contributed by atoms with Gasteiger partial charge in [0.25, 0.3) is 0 Å². The smallest absolute Gasteiger partial charge is 0.165 e. The van der Waals surface area contributed by atoms with E-state index in [1.165, 1.54) is 25.0 Å². The monoisotopic (exact) mass is 252 g/mol. The lowest BCUT2D eigenvalue weighted by Crippen LogP contribution is -2.02. The topological polar surface area (TPSA) is 26.3 Å². The summed E-state index contributed by atoms with van der Waals surface area (Å²) in [4.78, 5) is 11.4. The van der Waals surface area contributed by atoms with Gasteiger partial charge in [0.15, 0.2) is 17.3 Å². The van der Waals surface area contributed by atoms with Crippen LogP contribution in [0, 0.1) is 5.82 Å². The SMILES string of the molecule is CCCCCCOc1ccc(C(=O)CC)cc1F. The van der Waals surface area contributed by atoms with Gasteiger partial charge in [0.05, 0.1) is 6.61 Å². The van der Waals surface area contributed by atoms with E-state index >= 15 is 0 Å². The van der Waals surface area contributed by atoms with E-state index in [0.717, 1.165) is 12.8 Å². The number of Topliss-reactive ketones (excluding diaryl/α,β-unsaturated/α-hetero) is 1. The first kappa shape index (κ1) is 14.7. The van der Waals surface area contributed by atoms with Crippen molar-refractivity contribution in [2.75, 3.05) is 6.61 Å². The highest BCUT2D eigenvalue weighted by Crippen LogP contribution is 2.19. The van der Waals surface area contributed by atoms with Crippen molar-refractivity contribution in [1.82, 2.24) is 0 Å². The molecule has 18 heavy (non-hydrogen) atoms. The van der Waals surface area contributed by atoms with Crippen LogP contribution >= 0.6 is 0 Å². The zero-order valence-electron chi connectivity index (χ0n) is 11.2. The minimum atomic E-state index is -0.454. The molecule has 3 heteroatoms. The van der Waals surface area contributed by atoms with Crippen molar-refractivity contribution in [3.63, 3.8) is 0 Å². The number of ketones is 1. The van der Waals surface area contributed by atoms with Gasteiger partial charge >= 0.3 is 0 Å². The average molecular weight is 252 g/mol. The van der Waals surface area contributed by atoms with Gasteiger partial charge in [-0.05, 0) is 24.6 Å². The van der Waals surface area contributed by atoms with Gasteiger partial charge in [-0.2, -0.15) is 0 Å². The Morgan fingerprint density at radius 3 is 2.61 bits per heavy atom. The Balaban J connectivity index is 2.49. The molecule has 1 aromatic rings. The highest BCUT2D eigenvalue weighted by molar-refractivity contribution is 5.95. The number of rotatable bonds is 8. The van der Waals surface area contributed by atoms with Crippen LogP contribution in [0.25, 0.3) is 0 Å². The number of benzene rings is 1. The number of halogens is 1. The molecule has 0 aliphatic carbocycles. The third-order valence-electron chi connectivity index (χ3n) is 2.83. The molecule has 0 fully saturated rings. The van der Waals surface area contributed by atoms with Crippen molar-refractivity contribution in [3.05, 3.63) is 29.6 Å². The lowest BCUT2D eigenvalue weighted by atomic mass is 10.1. The number of carbonyl (C=O) groups is 1. The second-order valence-corrected chi connectivity index (χ2v) is 4.33. The molecular weight excluding hydrogens is 231 g/mol. The highest BCUT2D eigenvalue weighted by Gasteiger charge is 2.08. The van der Waals surface area contributed by atoms with Crippen molar-refractivity contribution in [1.29, 1.82) is 0 Å². The lowest BCUT2D eigenvalue weighted by Gasteiger charge is -2.08. The first-order chi connectivity index (χ1) is 8.69. The van der Waals surface area contributed by atoms with E-state index in [9.17, 15) is 9.18 Å². The average Bonchev–Trinajstić information content (AvgIpc) is 2.39. The van der Waals surface area contributed by atoms with Gasteiger partial charge in [0.1, 0.15) is 0 Å². The maximum atomic E-state index is 13.6. The summed E-state index contributed by atoms with van der Waals surface area (Å²) >= 11 is 0. The molecule has 0 atom stereocenters. The summed E-state index contributed by atoms with van der Waals surface area (Å²) in [5.74, 6) is -0.271. The molecule has 0 saturated heterocycles. The lowest BCUT2D eigenvalue weighted by molar-refractivity contribution is 0.0987. The van der Waals surface area contributed by atoms with Crippen LogP contribution in [0.3, 0.4) is 0 Å². The Labute approximate surface area is 108 Å². The Hall–Kier alpha value is -1.38. The third-order valence-corrected chi connectivity index (χ3v) is 2.83. The van der Waals surface area contributed by atoms with Crippen molar-refractivity contribution in [3.8, 4) is 5.75 Å². The van der Waals surface area contributed by atoms with Crippen molar-refractivity contribution in [2.24, 2.45) is 0 Å². The van der Waals surface area contributed by atoms with Crippen LogP contribution in [0.15, 0.2) is 18.2 Å². The van der Waals surface area contributed by atoms with Gasteiger partial charge in [0, 0.05) is 12.0 Å². The summed E-state index contributed by atoms with van der Waals surface area (Å²) in [5, 5.41) is 0. The van der Waals surface area contributed by atoms with Crippen molar-refractivity contribution < 1.29 is 13.9 Å². The van der Waals surface area contributed by atoms with Crippen LogP contribution in [0.5, 0.6) is 5.75 Å². The van der Waals surface area contributed by atoms with E-state index < -0.39 is 5.82 Å². The number of unbranched alkanes of at least 4 members (excludes halogenated alkanes) is 3. The zero-order chi connectivity index (χ0) is 13.4. The van der Waals surface area contributed by atoms with Gasteiger partial charge in [0.2, 0.25) is 0 Å². The van der Waals surface area contributed by atoms with Gasteiger partial charge < -0.3 is 4.74 Å². The van der Waals surface area contributed by atoms with E-state index in [-0.39, 0.29) is 11.5 Å². The summed E-state index contributed by atoms with van der Waals surface area (Å²) in [6.07, 6.45) is 4.77. The van der Waals surface area contributed by atoms with E-state index in [4.69, 9.17) is 4.74 Å². The molecule has 0 spiro atoms. The molecular formula is C15H21FO2. The Kier molecular flexibility index (Phi) is 6.40. The molecule has 0 aliphatic heterocycles. The zero-order valence-corrected chi connectivity index (χ0v) is 11.2. The van der Waals surface area contributed by atoms with E-state index in [2.05, 4.69) is 6.92 Å². The maximum absolute atomic E-state index is 13.6. The Bertz CT molecular complexity index is 388. The first-order valence-corrected chi connectivity index (χ1v) is 6.64. The van der Waals surface area contributed by atoms with Crippen LogP contribution in [-0.4, -0.2) is 12.4 Å². The first-order valence-electron chi connectivity index (χ1n) is 6.64. The predicted molar refractivity (Wildman–Crippen MR) is 70.7 cm³/mol. The van der Waals surface area contributed by atoms with Crippen LogP contribution in [-0.2, 0) is 0 Å². The molecule has 0 aromatic heterocycles. The molecule has 100 valence electrons. The number of carbonyl (C=O) groups excluding carboxylic acids is 1. The summed E-state index contributed by atoms with van der Waals surface area (Å²) in [5.41, 5.74) is 0.410. The van der Waals surface area contributed by atoms with Crippen LogP contribution in [0.4, 0.5) is 4.39 Å². The number of hydrogen-bond donors (Lipinski definition) is 0. The molecule has 0 bridgehead atoms. The largest absolute Gasteiger partial charge is 0.491 e. The summed E-state index contributed by atoms with van der Waals surface area (Å²) in [6.45, 7) is 4.43. The summed E-state index contributed by atoms with van der Waals surface area (Å²) in [6, 6.07) is 4.42. The number of ether oxygens (including phenoxy) is 1. The van der Waals surface area contributed by atoms with E-state index in [1.807, 2.05) is 0 Å². The van der Waals surface area contributed by atoms with E-state index in [1.54, 1.807) is 13.0 Å². The fraction of sp³-hybridized carbons (Fsp3) is 0.533. The second-order valence-electron chi connectivity index (χ2n) is 4.33. The molecule has 2 nitrogen and oxygen atoms in total. The molecule has 1 aromatic carbocycles. The van der Waals surface area contributed by atoms with Gasteiger partial charge in [-0.1, -0.05) is 33.1 Å². The quantitative estimate of drug-likeness (QED) is 0.507. The Morgan fingerprint density at radius 1 is 1.22 bits per heavy atom. The van der Waals surface area contributed by atoms with Gasteiger partial charge in [-0.3, -0.25) is 4.79 Å². The number of hydrogen-bond acceptors (Lipinski definition) is 2. The van der Waals surface area contributed by atoms with Crippen LogP contribution in [0.1, 0.15) is 56.3 Å². The second kappa shape index (κ2) is 7.85. The van der Waals surface area contributed by atoms with Crippen LogP contribution in [0.2, 0.25) is 0 Å². The fourth-order valence-corrected chi connectivity index (χ4v) is 1.71. The molecule has 0 saturated carbocycles. The molecule has 0 heterocycles. The van der Waals surface area contributed by atoms with Gasteiger partial charge in [-0.15, -0.1) is 0 Å². The van der Waals surface area contributed by atoms with Crippen LogP contribution < -0.4 is 4.74 Å². The molecule has 0 aliphatic rings. The van der Waals surface area contributed by atoms with Crippen molar-refractivity contribution in [2.45, 2.75) is 46.0 Å². The minimum absolute atomic E-state index is 0.0524. The molecule has 1 rings (SSSR count). The minimum Gasteiger partial charge on any atom is -0.491 e. The molecule has 0 radical (unpaired) electrons. The fourth-order valence-electron chi connectivity index (χ4n) is 1.71. The summed E-state index contributed by atoms with van der Waals surface area (Å²) < 4.78 is 19.0. The maximum Gasteiger partial charge on any atom is 0.165 e. The normalized spacial score (nSPS) is 10.4. The predicted octanol–water partition coefficient (Wildman–Crippen LogP) is 4.38. The van der Waals surface area contributed by atoms with Gasteiger partial charge in [-0.25, -0.2) is 4.39 Å². The summed E-state index contributed by atoms with van der Waals surface area (Å²) in [7, 11) is 0. The highest BCUT2D eigenvalue weighted by atomic mass is 19.1. The standard InChI is InChI=1S/C15H21FO2/c1-3-5-6-7-10-18-15-9-8-12(11-13(15)16)14(17)4-2/h8-9,11H,3-7,10H2,1-2H3. The Morgan fingerprint density at radius 2 is 2.00 bits per heavy atom. The third kappa shape index (κ3) is 4.47.